The first kappa shape index (κ1) is 18.9. The second kappa shape index (κ2) is 7.40. The number of rotatable bonds is 5. The topological polar surface area (TPSA) is 82.0 Å². The maximum Gasteiger partial charge on any atom is 0.248 e. The average Bonchev–Trinajstić information content (AvgIpc) is 2.60. The molecule has 140 valence electrons. The van der Waals surface area contributed by atoms with Crippen LogP contribution in [0, 0.1) is 17.6 Å². The summed E-state index contributed by atoms with van der Waals surface area (Å²) in [6, 6.07) is 8.42. The Labute approximate surface area is 156 Å². The van der Waals surface area contributed by atoms with Crippen molar-refractivity contribution < 1.29 is 13.6 Å². The van der Waals surface area contributed by atoms with Crippen molar-refractivity contribution in [2.45, 2.75) is 26.8 Å². The van der Waals surface area contributed by atoms with E-state index in [-0.39, 0.29) is 23.6 Å². The molecule has 0 spiro atoms. The molecule has 1 heterocycles. The summed E-state index contributed by atoms with van der Waals surface area (Å²) in [5.74, 6) is -1.74. The Kier molecular flexibility index (Phi) is 5.19. The second-order valence-electron chi connectivity index (χ2n) is 6.91. The maximum atomic E-state index is 14.6. The van der Waals surface area contributed by atoms with Gasteiger partial charge in [0.2, 0.25) is 5.91 Å². The molecule has 0 aliphatic rings. The highest BCUT2D eigenvalue weighted by molar-refractivity contribution is 6.02. The van der Waals surface area contributed by atoms with Crippen molar-refractivity contribution in [2.24, 2.45) is 17.4 Å². The van der Waals surface area contributed by atoms with E-state index in [0.29, 0.717) is 34.1 Å². The van der Waals surface area contributed by atoms with Crippen LogP contribution < -0.4 is 11.5 Å². The van der Waals surface area contributed by atoms with Crippen molar-refractivity contribution in [2.75, 3.05) is 0 Å². The lowest BCUT2D eigenvalue weighted by Crippen LogP contribution is -2.13. The van der Waals surface area contributed by atoms with Crippen molar-refractivity contribution in [1.29, 1.82) is 0 Å². The number of benzene rings is 2. The molecule has 0 saturated carbocycles. The third-order valence-corrected chi connectivity index (χ3v) is 4.47. The first-order valence-electron chi connectivity index (χ1n) is 8.73. The highest BCUT2D eigenvalue weighted by Gasteiger charge is 2.22. The van der Waals surface area contributed by atoms with E-state index in [2.05, 4.69) is 4.98 Å². The Morgan fingerprint density at radius 1 is 1.11 bits per heavy atom. The molecule has 2 aromatic carbocycles. The summed E-state index contributed by atoms with van der Waals surface area (Å²) in [5, 5.41) is 0.447. The number of hydrogen-bond acceptors (Lipinski definition) is 3. The van der Waals surface area contributed by atoms with E-state index >= 15 is 0 Å². The SMILES string of the molecule is CC(C)Cc1nc2ccc(C(N)=O)cc2c(-c2c(F)cccc2F)c1CN. The quantitative estimate of drug-likeness (QED) is 0.715. The summed E-state index contributed by atoms with van der Waals surface area (Å²) in [4.78, 5) is 16.3. The van der Waals surface area contributed by atoms with Crippen LogP contribution in [0.25, 0.3) is 22.0 Å². The number of nitrogens with zero attached hydrogens (tertiary/aromatic N) is 1. The van der Waals surface area contributed by atoms with Crippen LogP contribution in [0.2, 0.25) is 0 Å². The molecule has 0 radical (unpaired) electrons. The smallest absolute Gasteiger partial charge is 0.248 e. The molecule has 3 rings (SSSR count). The Balaban J connectivity index is 2.48. The van der Waals surface area contributed by atoms with Gasteiger partial charge in [-0.2, -0.15) is 0 Å². The number of carbonyl (C=O) groups excluding carboxylic acids is 1. The maximum absolute atomic E-state index is 14.6. The minimum absolute atomic E-state index is 0.0644. The molecular formula is C21H21F2N3O. The summed E-state index contributed by atoms with van der Waals surface area (Å²) < 4.78 is 29.3. The normalized spacial score (nSPS) is 11.3. The van der Waals surface area contributed by atoms with E-state index in [0.717, 1.165) is 0 Å². The number of carbonyl (C=O) groups is 1. The van der Waals surface area contributed by atoms with Gasteiger partial charge in [0, 0.05) is 28.8 Å². The van der Waals surface area contributed by atoms with Crippen molar-refractivity contribution in [3.05, 3.63) is 64.9 Å². The molecule has 0 saturated heterocycles. The number of fused-ring (bicyclic) bond motifs is 1. The van der Waals surface area contributed by atoms with Crippen LogP contribution in [0.3, 0.4) is 0 Å². The molecule has 1 amide bonds. The Morgan fingerprint density at radius 3 is 2.33 bits per heavy atom. The number of pyridine rings is 1. The Hall–Kier alpha value is -2.86. The number of nitrogens with two attached hydrogens (primary N) is 2. The molecule has 0 unspecified atom stereocenters. The van der Waals surface area contributed by atoms with Crippen molar-refractivity contribution in [1.82, 2.24) is 4.98 Å². The molecule has 3 aromatic rings. The van der Waals surface area contributed by atoms with E-state index in [9.17, 15) is 13.6 Å². The molecule has 0 aliphatic carbocycles. The van der Waals surface area contributed by atoms with Crippen LogP contribution in [0.15, 0.2) is 36.4 Å². The van der Waals surface area contributed by atoms with Gasteiger partial charge in [-0.25, -0.2) is 8.78 Å². The molecule has 0 bridgehead atoms. The number of hydrogen-bond donors (Lipinski definition) is 2. The van der Waals surface area contributed by atoms with E-state index in [1.54, 1.807) is 12.1 Å². The van der Waals surface area contributed by atoms with Gasteiger partial charge in [-0.1, -0.05) is 19.9 Å². The number of primary amides is 1. The molecule has 0 aliphatic heterocycles. The highest BCUT2D eigenvalue weighted by Crippen LogP contribution is 2.37. The molecule has 4 nitrogen and oxygen atoms in total. The fraction of sp³-hybridized carbons (Fsp3) is 0.238. The first-order chi connectivity index (χ1) is 12.8. The van der Waals surface area contributed by atoms with Crippen molar-refractivity contribution >= 4 is 16.8 Å². The van der Waals surface area contributed by atoms with Gasteiger partial charge in [-0.15, -0.1) is 0 Å². The van der Waals surface area contributed by atoms with E-state index in [4.69, 9.17) is 11.5 Å². The van der Waals surface area contributed by atoms with Gasteiger partial charge in [-0.05, 0) is 48.2 Å². The van der Waals surface area contributed by atoms with E-state index in [1.807, 2.05) is 13.8 Å². The van der Waals surface area contributed by atoms with Gasteiger partial charge >= 0.3 is 0 Å². The molecule has 4 N–H and O–H groups in total. The summed E-state index contributed by atoms with van der Waals surface area (Å²) in [6.45, 7) is 4.13. The third-order valence-electron chi connectivity index (χ3n) is 4.47. The van der Waals surface area contributed by atoms with Crippen LogP contribution in [-0.4, -0.2) is 10.9 Å². The Bertz CT molecular complexity index is 1010. The lowest BCUT2D eigenvalue weighted by Gasteiger charge is -2.19. The van der Waals surface area contributed by atoms with Crippen LogP contribution >= 0.6 is 0 Å². The van der Waals surface area contributed by atoms with Crippen LogP contribution in [-0.2, 0) is 13.0 Å². The molecule has 0 fully saturated rings. The third kappa shape index (κ3) is 3.53. The minimum atomic E-state index is -0.697. The predicted octanol–water partition coefficient (Wildman–Crippen LogP) is 3.94. The highest BCUT2D eigenvalue weighted by atomic mass is 19.1. The van der Waals surface area contributed by atoms with Gasteiger partial charge in [0.15, 0.2) is 0 Å². The van der Waals surface area contributed by atoms with E-state index < -0.39 is 17.5 Å². The number of amides is 1. The number of aromatic nitrogens is 1. The lowest BCUT2D eigenvalue weighted by molar-refractivity contribution is 0.100. The largest absolute Gasteiger partial charge is 0.366 e. The van der Waals surface area contributed by atoms with Gasteiger partial charge in [0.1, 0.15) is 11.6 Å². The molecule has 0 atom stereocenters. The van der Waals surface area contributed by atoms with Gasteiger partial charge in [0.05, 0.1) is 11.1 Å². The number of halogens is 2. The zero-order valence-electron chi connectivity index (χ0n) is 15.2. The summed E-state index contributed by atoms with van der Waals surface area (Å²) >= 11 is 0. The van der Waals surface area contributed by atoms with Gasteiger partial charge < -0.3 is 11.5 Å². The second-order valence-corrected chi connectivity index (χ2v) is 6.91. The monoisotopic (exact) mass is 369 g/mol. The molecular weight excluding hydrogens is 348 g/mol. The fourth-order valence-corrected chi connectivity index (χ4v) is 3.30. The van der Waals surface area contributed by atoms with Gasteiger partial charge in [-0.3, -0.25) is 9.78 Å². The van der Waals surface area contributed by atoms with Crippen molar-refractivity contribution in [3.63, 3.8) is 0 Å². The van der Waals surface area contributed by atoms with E-state index in [1.165, 1.54) is 24.3 Å². The molecule has 27 heavy (non-hydrogen) atoms. The fourth-order valence-electron chi connectivity index (χ4n) is 3.30. The average molecular weight is 369 g/mol. The lowest BCUT2D eigenvalue weighted by atomic mass is 9.90. The van der Waals surface area contributed by atoms with Gasteiger partial charge in [0.25, 0.3) is 0 Å². The van der Waals surface area contributed by atoms with Crippen molar-refractivity contribution in [3.8, 4) is 11.1 Å². The zero-order chi connectivity index (χ0) is 19.7. The summed E-state index contributed by atoms with van der Waals surface area (Å²) in [6.07, 6.45) is 0.614. The van der Waals surface area contributed by atoms with Crippen LogP contribution in [0.5, 0.6) is 0 Å². The standard InChI is InChI=1S/C21H21F2N3O/c1-11(2)8-18-14(10-24)19(20-15(22)4-3-5-16(20)23)13-9-12(21(25)27)6-7-17(13)26-18/h3-7,9,11H,8,10,24H2,1-2H3,(H2,25,27). The Morgan fingerprint density at radius 2 is 1.78 bits per heavy atom. The van der Waals surface area contributed by atoms with Crippen LogP contribution in [0.4, 0.5) is 8.78 Å². The zero-order valence-corrected chi connectivity index (χ0v) is 15.2. The van der Waals surface area contributed by atoms with Crippen LogP contribution in [0.1, 0.15) is 35.5 Å². The summed E-state index contributed by atoms with van der Waals surface area (Å²) in [7, 11) is 0. The molecule has 1 aromatic heterocycles. The summed E-state index contributed by atoms with van der Waals surface area (Å²) in [5.41, 5.74) is 13.6. The first-order valence-corrected chi connectivity index (χ1v) is 8.73. The predicted molar refractivity (Wildman–Crippen MR) is 102 cm³/mol. The minimum Gasteiger partial charge on any atom is -0.366 e. The molecule has 6 heteroatoms.